The largest absolute Gasteiger partial charge is 0.453 e. The van der Waals surface area contributed by atoms with Crippen molar-refractivity contribution in [2.75, 3.05) is 14.2 Å². The van der Waals surface area contributed by atoms with Gasteiger partial charge in [0.15, 0.2) is 0 Å². The van der Waals surface area contributed by atoms with Crippen LogP contribution in [0.5, 0.6) is 0 Å². The van der Waals surface area contributed by atoms with Crippen LogP contribution in [-0.2, 0) is 19.1 Å². The Balaban J connectivity index is 0.877. The summed E-state index contributed by atoms with van der Waals surface area (Å²) >= 11 is 0. The van der Waals surface area contributed by atoms with Crippen molar-refractivity contribution in [2.24, 2.45) is 28.7 Å². The maximum Gasteiger partial charge on any atom is 0.407 e. The predicted octanol–water partition coefficient (Wildman–Crippen LogP) is 6.07. The summed E-state index contributed by atoms with van der Waals surface area (Å²) in [4.78, 5) is 68.4. The smallest absolute Gasteiger partial charge is 0.407 e. The second-order valence-corrected chi connectivity index (χ2v) is 16.9. The minimum absolute atomic E-state index is 0.0653. The minimum Gasteiger partial charge on any atom is -0.453 e. The molecule has 5 aliphatic rings. The highest BCUT2D eigenvalue weighted by molar-refractivity contribution is 6.04. The van der Waals surface area contributed by atoms with Crippen molar-refractivity contribution in [1.29, 1.82) is 0 Å². The van der Waals surface area contributed by atoms with Gasteiger partial charge in [0.1, 0.15) is 17.9 Å². The van der Waals surface area contributed by atoms with Crippen LogP contribution in [0.1, 0.15) is 88.4 Å². The van der Waals surface area contributed by atoms with Gasteiger partial charge in [-0.1, -0.05) is 63.8 Å². The maximum absolute atomic E-state index is 13.8. The lowest BCUT2D eigenvalue weighted by atomic mass is 9.96. The number of imidazole rings is 1. The van der Waals surface area contributed by atoms with E-state index in [1.807, 2.05) is 86.3 Å². The lowest BCUT2D eigenvalue weighted by Gasteiger charge is -2.33. The van der Waals surface area contributed by atoms with Crippen LogP contribution in [0.2, 0.25) is 0 Å². The fourth-order valence-corrected chi connectivity index (χ4v) is 8.93. The highest BCUT2D eigenvalue weighted by Crippen LogP contribution is 2.53. The molecule has 3 aliphatic heterocycles. The summed E-state index contributed by atoms with van der Waals surface area (Å²) in [5.74, 6) is 7.89. The molecule has 3 aromatic rings. The van der Waals surface area contributed by atoms with Gasteiger partial charge in [-0.15, -0.1) is 0 Å². The van der Waals surface area contributed by atoms with Gasteiger partial charge in [-0.2, -0.15) is 0 Å². The van der Waals surface area contributed by atoms with Gasteiger partial charge >= 0.3 is 12.2 Å². The molecular formula is C45H51N7O6. The standard InChI is InChI=1S/C45H51N7O6/c1-24(2)39(49-44(55)57-5)42(53)51-35-18-30(35)20-37(51)33-17-32(22-46-33)28-13-9-26(10-14-28)7-8-27-11-15-29(16-12-27)34-23-47-41(48-34)38-21-31-19-36(31)52(38)43(54)40(25(3)4)50-45(56)58-6/h9-16,22-25,30-31,35-40H,17-21H2,1-6H3,(H,47,48)(H,49,55)(H,50,56)/t30-,31-,35-,36-,37+,38+,39+,40+/m1/s1. The van der Waals surface area contributed by atoms with Crippen molar-refractivity contribution >= 4 is 35.3 Å². The number of nitrogens with one attached hydrogen (secondary N) is 3. The average molecular weight is 786 g/mol. The Morgan fingerprint density at radius 2 is 1.22 bits per heavy atom. The van der Waals surface area contributed by atoms with E-state index in [1.165, 1.54) is 14.2 Å². The third-order valence-electron chi connectivity index (χ3n) is 12.4. The fourth-order valence-electron chi connectivity index (χ4n) is 8.93. The van der Waals surface area contributed by atoms with E-state index in [9.17, 15) is 19.2 Å². The number of allylic oxidation sites excluding steroid dienone is 1. The molecule has 0 radical (unpaired) electrons. The number of ether oxygens (including phenoxy) is 2. The summed E-state index contributed by atoms with van der Waals surface area (Å²) in [6, 6.07) is 15.0. The first kappa shape index (κ1) is 38.9. The molecule has 4 heterocycles. The Hall–Kier alpha value is -5.90. The van der Waals surface area contributed by atoms with E-state index in [0.717, 1.165) is 70.7 Å². The molecule has 0 bridgehead atoms. The summed E-state index contributed by atoms with van der Waals surface area (Å²) in [5, 5.41) is 5.48. The van der Waals surface area contributed by atoms with Gasteiger partial charge in [0.2, 0.25) is 11.8 Å². The summed E-state index contributed by atoms with van der Waals surface area (Å²) in [5.41, 5.74) is 6.77. The molecule has 58 heavy (non-hydrogen) atoms. The Morgan fingerprint density at radius 3 is 1.74 bits per heavy atom. The average Bonchev–Trinajstić information content (AvgIpc) is 3.81. The first-order valence-electron chi connectivity index (χ1n) is 20.3. The lowest BCUT2D eigenvalue weighted by molar-refractivity contribution is -0.137. The number of rotatable bonds is 10. The number of hydrogen-bond donors (Lipinski definition) is 3. The van der Waals surface area contributed by atoms with Gasteiger partial charge in [-0.3, -0.25) is 14.6 Å². The van der Waals surface area contributed by atoms with Gasteiger partial charge in [0.25, 0.3) is 0 Å². The molecule has 302 valence electrons. The van der Waals surface area contributed by atoms with Crippen molar-refractivity contribution in [2.45, 2.75) is 96.1 Å². The van der Waals surface area contributed by atoms with Crippen molar-refractivity contribution in [3.05, 3.63) is 83.4 Å². The third kappa shape index (κ3) is 7.72. The van der Waals surface area contributed by atoms with Gasteiger partial charge in [0.05, 0.1) is 38.2 Å². The summed E-state index contributed by atoms with van der Waals surface area (Å²) in [7, 11) is 2.61. The van der Waals surface area contributed by atoms with E-state index < -0.39 is 24.3 Å². The number of aliphatic imine (C=N–C) groups is 1. The van der Waals surface area contributed by atoms with Crippen LogP contribution in [0.15, 0.2) is 65.9 Å². The first-order chi connectivity index (χ1) is 27.9. The Morgan fingerprint density at radius 1 is 0.724 bits per heavy atom. The van der Waals surface area contributed by atoms with Crippen molar-refractivity contribution in [3.63, 3.8) is 0 Å². The number of carbonyl (C=O) groups excluding carboxylic acids is 4. The Kier molecular flexibility index (Phi) is 10.6. The molecule has 2 saturated heterocycles. The molecule has 13 nitrogen and oxygen atoms in total. The normalized spacial score (nSPS) is 24.8. The van der Waals surface area contributed by atoms with Crippen LogP contribution in [0.25, 0.3) is 16.8 Å². The zero-order valence-corrected chi connectivity index (χ0v) is 33.8. The molecule has 4 fully saturated rings. The number of fused-ring (bicyclic) bond motifs is 2. The topological polar surface area (TPSA) is 158 Å². The molecule has 8 rings (SSSR count). The van der Waals surface area contributed by atoms with Crippen LogP contribution in [0.4, 0.5) is 9.59 Å². The molecule has 1 aromatic heterocycles. The first-order valence-corrected chi connectivity index (χ1v) is 20.3. The second kappa shape index (κ2) is 15.8. The number of H-pyrrole nitrogens is 1. The van der Waals surface area contributed by atoms with Gasteiger partial charge in [-0.05, 0) is 90.3 Å². The van der Waals surface area contributed by atoms with E-state index in [0.29, 0.717) is 18.3 Å². The van der Waals surface area contributed by atoms with E-state index in [-0.39, 0.29) is 47.8 Å². The molecule has 2 aromatic carbocycles. The minimum atomic E-state index is -0.676. The molecule has 0 unspecified atom stereocenters. The number of methoxy groups -OCH3 is 2. The second-order valence-electron chi connectivity index (χ2n) is 16.9. The van der Waals surface area contributed by atoms with Crippen molar-refractivity contribution < 1.29 is 28.7 Å². The highest BCUT2D eigenvalue weighted by Gasteiger charge is 2.57. The van der Waals surface area contributed by atoms with E-state index in [2.05, 4.69) is 39.6 Å². The van der Waals surface area contributed by atoms with Crippen LogP contribution in [0, 0.1) is 35.5 Å². The number of piperidine rings is 2. The SMILES string of the molecule is COC(=O)N[C@H](C(=O)N1[C@@H]2C[C@@H]2C[C@H]1C1=NC=C(c2ccc(C#Cc3ccc(-c4cnc([C@@H]5C[C@H]6C[C@H]6N5C(=O)[C@@H](NC(=O)OC)C(C)C)[nH]4)cc3)cc2)C1)C(C)C. The zero-order chi connectivity index (χ0) is 40.8. The number of hydrogen-bond acceptors (Lipinski definition) is 8. The van der Waals surface area contributed by atoms with Crippen molar-refractivity contribution in [1.82, 2.24) is 30.4 Å². The molecule has 4 amide bonds. The lowest BCUT2D eigenvalue weighted by Crippen LogP contribution is -2.54. The van der Waals surface area contributed by atoms with E-state index in [1.54, 1.807) is 0 Å². The molecule has 13 heteroatoms. The molecule has 0 spiro atoms. The summed E-state index contributed by atoms with van der Waals surface area (Å²) in [6.45, 7) is 7.69. The van der Waals surface area contributed by atoms with Crippen molar-refractivity contribution in [3.8, 4) is 23.1 Å². The molecule has 8 atom stereocenters. The molecule has 2 saturated carbocycles. The highest BCUT2D eigenvalue weighted by atomic mass is 16.5. The molecule has 3 N–H and O–H groups in total. The van der Waals surface area contributed by atoms with Crippen LogP contribution < -0.4 is 10.6 Å². The number of aromatic amines is 1. The molecule has 2 aliphatic carbocycles. The monoisotopic (exact) mass is 785 g/mol. The third-order valence-corrected chi connectivity index (χ3v) is 12.4. The predicted molar refractivity (Wildman–Crippen MR) is 218 cm³/mol. The van der Waals surface area contributed by atoms with Gasteiger partial charge in [0, 0.05) is 41.5 Å². The Bertz CT molecular complexity index is 2210. The van der Waals surface area contributed by atoms with Crippen LogP contribution in [0.3, 0.4) is 0 Å². The van der Waals surface area contributed by atoms with Gasteiger partial charge in [-0.25, -0.2) is 14.6 Å². The van der Waals surface area contributed by atoms with E-state index in [4.69, 9.17) is 19.5 Å². The number of amides is 4. The maximum atomic E-state index is 13.8. The quantitative estimate of drug-likeness (QED) is 0.211. The van der Waals surface area contributed by atoms with Crippen LogP contribution in [-0.4, -0.2) is 93.9 Å². The number of aromatic nitrogens is 2. The van der Waals surface area contributed by atoms with E-state index >= 15 is 0 Å². The van der Waals surface area contributed by atoms with Gasteiger partial charge < -0.3 is 34.9 Å². The number of alkyl carbamates (subject to hydrolysis) is 2. The number of nitrogens with zero attached hydrogens (tertiary/aromatic N) is 4. The van der Waals surface area contributed by atoms with Crippen LogP contribution >= 0.6 is 0 Å². The molecular weight excluding hydrogens is 735 g/mol. The fraction of sp³-hybridized carbons (Fsp3) is 0.467. The zero-order valence-electron chi connectivity index (χ0n) is 33.8. The summed E-state index contributed by atoms with van der Waals surface area (Å²) in [6.07, 6.45) is 6.90. The Labute approximate surface area is 339 Å². The number of benzene rings is 2. The number of carbonyl (C=O) groups is 4. The number of likely N-dealkylation sites (tertiary alicyclic amines) is 2. The summed E-state index contributed by atoms with van der Waals surface area (Å²) < 4.78 is 9.58.